The van der Waals surface area contributed by atoms with Crippen molar-refractivity contribution in [3.05, 3.63) is 69.2 Å². The number of benzene rings is 2. The molecule has 2 aromatic carbocycles. The van der Waals surface area contributed by atoms with Gasteiger partial charge >= 0.3 is 0 Å². The average Bonchev–Trinajstić information content (AvgIpc) is 2.56. The summed E-state index contributed by atoms with van der Waals surface area (Å²) in [6, 6.07) is 13.5. The van der Waals surface area contributed by atoms with Crippen molar-refractivity contribution in [2.75, 3.05) is 5.75 Å². The number of amides is 1. The lowest BCUT2D eigenvalue weighted by Crippen LogP contribution is -2.26. The highest BCUT2D eigenvalue weighted by atomic mass is 35.5. The van der Waals surface area contributed by atoms with Crippen LogP contribution in [-0.2, 0) is 4.79 Å². The molecule has 0 aromatic heterocycles. The van der Waals surface area contributed by atoms with Crippen molar-refractivity contribution in [1.82, 2.24) is 5.32 Å². The summed E-state index contributed by atoms with van der Waals surface area (Å²) < 4.78 is 0. The molecule has 7 heteroatoms. The van der Waals surface area contributed by atoms with Crippen molar-refractivity contribution in [2.45, 2.75) is 24.3 Å². The van der Waals surface area contributed by atoms with E-state index in [1.165, 1.54) is 12.1 Å². The molecule has 0 aliphatic rings. The number of non-ortho nitro benzene ring substituents is 1. The molecule has 0 saturated carbocycles. The Morgan fingerprint density at radius 1 is 1.29 bits per heavy atom. The van der Waals surface area contributed by atoms with E-state index in [0.717, 1.165) is 4.90 Å². The number of nitrogens with one attached hydrogen (secondary N) is 1. The van der Waals surface area contributed by atoms with Crippen LogP contribution in [-0.4, -0.2) is 16.6 Å². The highest BCUT2D eigenvalue weighted by Gasteiger charge is 2.13. The molecule has 24 heavy (non-hydrogen) atoms. The molecule has 2 aromatic rings. The number of nitro benzene ring substituents is 1. The molecule has 1 unspecified atom stereocenters. The molecule has 0 fully saturated rings. The predicted molar refractivity (Wildman–Crippen MR) is 96.4 cm³/mol. The van der Waals surface area contributed by atoms with E-state index in [1.54, 1.807) is 23.9 Å². The van der Waals surface area contributed by atoms with E-state index < -0.39 is 4.92 Å². The number of hydrogen-bond donors (Lipinski definition) is 1. The van der Waals surface area contributed by atoms with Gasteiger partial charge in [-0.15, -0.1) is 11.8 Å². The minimum absolute atomic E-state index is 0.0203. The number of rotatable bonds is 7. The van der Waals surface area contributed by atoms with Crippen LogP contribution in [0.5, 0.6) is 0 Å². The third kappa shape index (κ3) is 5.54. The first-order chi connectivity index (χ1) is 11.5. The van der Waals surface area contributed by atoms with Crippen molar-refractivity contribution in [3.8, 4) is 0 Å². The van der Waals surface area contributed by atoms with Crippen molar-refractivity contribution in [3.63, 3.8) is 0 Å². The Hall–Kier alpha value is -2.05. The maximum atomic E-state index is 12.0. The summed E-state index contributed by atoms with van der Waals surface area (Å²) in [4.78, 5) is 23.4. The highest BCUT2D eigenvalue weighted by Crippen LogP contribution is 2.22. The molecule has 0 heterocycles. The zero-order valence-electron chi connectivity index (χ0n) is 13.1. The van der Waals surface area contributed by atoms with Gasteiger partial charge in [0.15, 0.2) is 0 Å². The lowest BCUT2D eigenvalue weighted by atomic mass is 10.1. The fraction of sp³-hybridized carbons (Fsp3) is 0.235. The van der Waals surface area contributed by atoms with Crippen molar-refractivity contribution >= 4 is 35.0 Å². The summed E-state index contributed by atoms with van der Waals surface area (Å²) in [6.07, 6.45) is 0.368. The standard InChI is InChI=1S/C17H17ClN2O3S/c1-12(13-3-2-4-15(11-13)20(22)23)19-17(21)9-10-24-16-7-5-14(18)6-8-16/h2-8,11-12H,9-10H2,1H3,(H,19,21). The van der Waals surface area contributed by atoms with Crippen molar-refractivity contribution in [1.29, 1.82) is 0 Å². The molecule has 126 valence electrons. The highest BCUT2D eigenvalue weighted by molar-refractivity contribution is 7.99. The SMILES string of the molecule is CC(NC(=O)CCSc1ccc(Cl)cc1)c1cccc([N+](=O)[O-])c1. The first kappa shape index (κ1) is 18.3. The lowest BCUT2D eigenvalue weighted by molar-refractivity contribution is -0.384. The molecule has 0 radical (unpaired) electrons. The molecular weight excluding hydrogens is 348 g/mol. The molecule has 0 saturated heterocycles. The first-order valence-corrected chi connectivity index (χ1v) is 8.74. The van der Waals surface area contributed by atoms with Gasteiger partial charge in [-0.1, -0.05) is 23.7 Å². The van der Waals surface area contributed by atoms with Gasteiger partial charge in [0.25, 0.3) is 5.69 Å². The van der Waals surface area contributed by atoms with E-state index in [0.29, 0.717) is 22.8 Å². The summed E-state index contributed by atoms with van der Waals surface area (Å²) in [5.74, 6) is 0.560. The number of halogens is 1. The molecule has 0 spiro atoms. The van der Waals surface area contributed by atoms with Crippen LogP contribution in [0.3, 0.4) is 0 Å². The van der Waals surface area contributed by atoms with Gasteiger partial charge in [0.05, 0.1) is 11.0 Å². The first-order valence-electron chi connectivity index (χ1n) is 7.38. The smallest absolute Gasteiger partial charge is 0.269 e. The monoisotopic (exact) mass is 364 g/mol. The largest absolute Gasteiger partial charge is 0.350 e. The number of nitrogens with zero attached hydrogens (tertiary/aromatic N) is 1. The van der Waals surface area contributed by atoms with Crippen LogP contribution in [0.2, 0.25) is 5.02 Å². The Balaban J connectivity index is 1.82. The Morgan fingerprint density at radius 3 is 2.67 bits per heavy atom. The second-order valence-corrected chi connectivity index (χ2v) is 6.80. The second-order valence-electron chi connectivity index (χ2n) is 5.19. The van der Waals surface area contributed by atoms with E-state index in [4.69, 9.17) is 11.6 Å². The number of hydrogen-bond acceptors (Lipinski definition) is 4. The van der Waals surface area contributed by atoms with Gasteiger partial charge in [-0.05, 0) is 36.8 Å². The normalized spacial score (nSPS) is 11.8. The second kappa shape index (κ2) is 8.70. The summed E-state index contributed by atoms with van der Waals surface area (Å²) >= 11 is 7.40. The van der Waals surface area contributed by atoms with Gasteiger partial charge in [0.2, 0.25) is 5.91 Å². The summed E-state index contributed by atoms with van der Waals surface area (Å²) in [5.41, 5.74) is 0.731. The molecule has 1 amide bonds. The van der Waals surface area contributed by atoms with Gasteiger partial charge in [0, 0.05) is 34.2 Å². The molecule has 1 N–H and O–H groups in total. The number of nitro groups is 1. The van der Waals surface area contributed by atoms with Crippen LogP contribution in [0, 0.1) is 10.1 Å². The third-order valence-electron chi connectivity index (χ3n) is 3.37. The Morgan fingerprint density at radius 2 is 2.00 bits per heavy atom. The molecule has 5 nitrogen and oxygen atoms in total. The third-order valence-corrected chi connectivity index (χ3v) is 4.64. The van der Waals surface area contributed by atoms with Crippen LogP contribution in [0.15, 0.2) is 53.4 Å². The van der Waals surface area contributed by atoms with Crippen molar-refractivity contribution < 1.29 is 9.72 Å². The van der Waals surface area contributed by atoms with Crippen LogP contribution in [0.1, 0.15) is 24.9 Å². The summed E-state index contributed by atoms with van der Waals surface area (Å²) in [6.45, 7) is 1.81. The average molecular weight is 365 g/mol. The summed E-state index contributed by atoms with van der Waals surface area (Å²) in [5, 5.41) is 14.3. The summed E-state index contributed by atoms with van der Waals surface area (Å²) in [7, 11) is 0. The topological polar surface area (TPSA) is 72.2 Å². The van der Waals surface area contributed by atoms with Crippen molar-refractivity contribution in [2.24, 2.45) is 0 Å². The predicted octanol–water partition coefficient (Wildman–Crippen LogP) is 4.61. The van der Waals surface area contributed by atoms with Gasteiger partial charge in [-0.3, -0.25) is 14.9 Å². The molecule has 1 atom stereocenters. The van der Waals surface area contributed by atoms with Gasteiger partial charge in [-0.2, -0.15) is 0 Å². The fourth-order valence-corrected chi connectivity index (χ4v) is 3.07. The molecule has 0 aliphatic carbocycles. The zero-order chi connectivity index (χ0) is 17.5. The number of carbonyl (C=O) groups excluding carboxylic acids is 1. The minimum Gasteiger partial charge on any atom is -0.350 e. The number of thioether (sulfide) groups is 1. The maximum Gasteiger partial charge on any atom is 0.269 e. The maximum absolute atomic E-state index is 12.0. The fourth-order valence-electron chi connectivity index (χ4n) is 2.10. The van der Waals surface area contributed by atoms with Crippen LogP contribution < -0.4 is 5.32 Å². The number of carbonyl (C=O) groups is 1. The van der Waals surface area contributed by atoms with Gasteiger partial charge in [-0.25, -0.2) is 0 Å². The lowest BCUT2D eigenvalue weighted by Gasteiger charge is -2.14. The quantitative estimate of drug-likeness (QED) is 0.442. The van der Waals surface area contributed by atoms with Gasteiger partial charge < -0.3 is 5.32 Å². The molecule has 2 rings (SSSR count). The van der Waals surface area contributed by atoms with Crippen LogP contribution in [0.25, 0.3) is 0 Å². The zero-order valence-corrected chi connectivity index (χ0v) is 14.6. The van der Waals surface area contributed by atoms with E-state index in [1.807, 2.05) is 31.2 Å². The van der Waals surface area contributed by atoms with Crippen LogP contribution >= 0.6 is 23.4 Å². The van der Waals surface area contributed by atoms with Crippen LogP contribution in [0.4, 0.5) is 5.69 Å². The minimum atomic E-state index is -0.444. The van der Waals surface area contributed by atoms with E-state index in [9.17, 15) is 14.9 Å². The molecule has 0 bridgehead atoms. The van der Waals surface area contributed by atoms with Gasteiger partial charge in [0.1, 0.15) is 0 Å². The Kier molecular flexibility index (Phi) is 6.63. The molecular formula is C17H17ClN2O3S. The van der Waals surface area contributed by atoms with E-state index in [2.05, 4.69) is 5.32 Å². The van der Waals surface area contributed by atoms with E-state index >= 15 is 0 Å². The Bertz CT molecular complexity index is 722. The molecule has 0 aliphatic heterocycles. The van der Waals surface area contributed by atoms with E-state index in [-0.39, 0.29) is 17.6 Å². The Labute approximate surface area is 149 Å².